The van der Waals surface area contributed by atoms with Crippen LogP contribution in [0.2, 0.25) is 0 Å². The van der Waals surface area contributed by atoms with Gasteiger partial charge in [0, 0.05) is 31.4 Å². The number of nitrogens with one attached hydrogen (secondary N) is 1. The maximum absolute atomic E-state index is 10.4. The third-order valence-corrected chi connectivity index (χ3v) is 5.46. The first-order chi connectivity index (χ1) is 12.7. The van der Waals surface area contributed by atoms with E-state index in [1.807, 2.05) is 12.3 Å². The Morgan fingerprint density at radius 1 is 1.31 bits per heavy atom. The SMILES string of the molecule is O=C(O)NCCC[C@H]1C[C@H](n2cc(-c3cccc(N4CCC4)n3)cn2)C1. The molecular formula is C19H25N5O2. The van der Waals surface area contributed by atoms with E-state index in [9.17, 15) is 4.79 Å². The number of nitrogens with zero attached hydrogens (tertiary/aromatic N) is 4. The van der Waals surface area contributed by atoms with Gasteiger partial charge in [0.2, 0.25) is 0 Å². The van der Waals surface area contributed by atoms with E-state index in [1.165, 1.54) is 6.42 Å². The van der Waals surface area contributed by atoms with Gasteiger partial charge >= 0.3 is 6.09 Å². The van der Waals surface area contributed by atoms with E-state index in [0.29, 0.717) is 18.5 Å². The number of aromatic nitrogens is 3. The minimum Gasteiger partial charge on any atom is -0.465 e. The van der Waals surface area contributed by atoms with Crippen LogP contribution in [-0.4, -0.2) is 45.6 Å². The molecule has 0 unspecified atom stereocenters. The van der Waals surface area contributed by atoms with E-state index < -0.39 is 6.09 Å². The Kier molecular flexibility index (Phi) is 4.77. The highest BCUT2D eigenvalue weighted by Gasteiger charge is 2.30. The van der Waals surface area contributed by atoms with Crippen LogP contribution >= 0.6 is 0 Å². The molecule has 138 valence electrons. The predicted molar refractivity (Wildman–Crippen MR) is 99.3 cm³/mol. The third-order valence-electron chi connectivity index (χ3n) is 5.46. The average Bonchev–Trinajstić information content (AvgIpc) is 3.01. The first-order valence-electron chi connectivity index (χ1n) is 9.42. The molecule has 2 aromatic heterocycles. The number of rotatable bonds is 7. The lowest BCUT2D eigenvalue weighted by Crippen LogP contribution is -2.37. The molecule has 1 amide bonds. The predicted octanol–water partition coefficient (Wildman–Crippen LogP) is 3.15. The summed E-state index contributed by atoms with van der Waals surface area (Å²) in [4.78, 5) is 17.5. The summed E-state index contributed by atoms with van der Waals surface area (Å²) in [5, 5.41) is 15.5. The summed E-state index contributed by atoms with van der Waals surface area (Å²) in [6, 6.07) is 6.64. The van der Waals surface area contributed by atoms with Gasteiger partial charge in [-0.1, -0.05) is 6.07 Å². The lowest BCUT2D eigenvalue weighted by atomic mass is 9.77. The minimum atomic E-state index is -0.938. The topological polar surface area (TPSA) is 83.3 Å². The summed E-state index contributed by atoms with van der Waals surface area (Å²) >= 11 is 0. The smallest absolute Gasteiger partial charge is 0.404 e. The van der Waals surface area contributed by atoms with Gasteiger partial charge in [0.05, 0.1) is 17.9 Å². The highest BCUT2D eigenvalue weighted by molar-refractivity contribution is 5.64. The quantitative estimate of drug-likeness (QED) is 0.746. The summed E-state index contributed by atoms with van der Waals surface area (Å²) in [5.41, 5.74) is 2.05. The fourth-order valence-corrected chi connectivity index (χ4v) is 3.71. The number of carboxylic acid groups (broad SMARTS) is 1. The molecule has 7 nitrogen and oxygen atoms in total. The lowest BCUT2D eigenvalue weighted by Gasteiger charge is -2.35. The van der Waals surface area contributed by atoms with Gasteiger partial charge in [-0.25, -0.2) is 9.78 Å². The van der Waals surface area contributed by atoms with Crippen LogP contribution in [0.25, 0.3) is 11.3 Å². The van der Waals surface area contributed by atoms with Crippen molar-refractivity contribution in [2.24, 2.45) is 5.92 Å². The number of pyridine rings is 1. The molecule has 2 aromatic rings. The van der Waals surface area contributed by atoms with Gasteiger partial charge in [-0.3, -0.25) is 4.68 Å². The molecule has 0 aromatic carbocycles. The van der Waals surface area contributed by atoms with Crippen LogP contribution in [0.15, 0.2) is 30.6 Å². The van der Waals surface area contributed by atoms with Crippen LogP contribution in [0.3, 0.4) is 0 Å². The molecule has 2 N–H and O–H groups in total. The molecule has 0 bridgehead atoms. The van der Waals surface area contributed by atoms with Gasteiger partial charge in [0.25, 0.3) is 0 Å². The van der Waals surface area contributed by atoms with Gasteiger partial charge in [-0.15, -0.1) is 0 Å². The Hall–Kier alpha value is -2.57. The van der Waals surface area contributed by atoms with E-state index in [1.54, 1.807) is 0 Å². The Morgan fingerprint density at radius 2 is 2.15 bits per heavy atom. The van der Waals surface area contributed by atoms with E-state index in [4.69, 9.17) is 10.1 Å². The fraction of sp³-hybridized carbons (Fsp3) is 0.526. The summed E-state index contributed by atoms with van der Waals surface area (Å²) in [6.45, 7) is 2.74. The molecular weight excluding hydrogens is 330 g/mol. The van der Waals surface area contributed by atoms with Crippen LogP contribution < -0.4 is 10.2 Å². The molecule has 3 heterocycles. The second-order valence-electron chi connectivity index (χ2n) is 7.30. The number of carbonyl (C=O) groups is 1. The highest BCUT2D eigenvalue weighted by atomic mass is 16.4. The van der Waals surface area contributed by atoms with E-state index >= 15 is 0 Å². The fourth-order valence-electron chi connectivity index (χ4n) is 3.71. The molecule has 0 spiro atoms. The zero-order valence-corrected chi connectivity index (χ0v) is 14.8. The number of anilines is 1. The highest BCUT2D eigenvalue weighted by Crippen LogP contribution is 2.40. The summed E-state index contributed by atoms with van der Waals surface area (Å²) in [5.74, 6) is 1.73. The van der Waals surface area contributed by atoms with E-state index in [2.05, 4.69) is 38.3 Å². The van der Waals surface area contributed by atoms with Gasteiger partial charge < -0.3 is 15.3 Å². The Bertz CT molecular complexity index is 765. The number of hydrogen-bond donors (Lipinski definition) is 2. The maximum Gasteiger partial charge on any atom is 0.404 e. The molecule has 1 aliphatic carbocycles. The number of amides is 1. The molecule has 2 fully saturated rings. The van der Waals surface area contributed by atoms with Crippen molar-refractivity contribution in [2.45, 2.75) is 38.1 Å². The van der Waals surface area contributed by atoms with Crippen LogP contribution in [0.4, 0.5) is 10.6 Å². The van der Waals surface area contributed by atoms with Crippen molar-refractivity contribution in [3.05, 3.63) is 30.6 Å². The van der Waals surface area contributed by atoms with Gasteiger partial charge in [-0.05, 0) is 50.2 Å². The summed E-state index contributed by atoms with van der Waals surface area (Å²) in [7, 11) is 0. The third kappa shape index (κ3) is 3.66. The van der Waals surface area contributed by atoms with Crippen molar-refractivity contribution < 1.29 is 9.90 Å². The molecule has 1 aliphatic heterocycles. The van der Waals surface area contributed by atoms with Gasteiger partial charge in [-0.2, -0.15) is 5.10 Å². The van der Waals surface area contributed by atoms with Crippen LogP contribution in [0, 0.1) is 5.92 Å². The molecule has 4 rings (SSSR count). The van der Waals surface area contributed by atoms with E-state index in [-0.39, 0.29) is 0 Å². The van der Waals surface area contributed by atoms with Crippen molar-refractivity contribution in [3.8, 4) is 11.3 Å². The summed E-state index contributed by atoms with van der Waals surface area (Å²) in [6.07, 6.45) is 8.55. The maximum atomic E-state index is 10.4. The molecule has 1 saturated heterocycles. The molecule has 2 aliphatic rings. The van der Waals surface area contributed by atoms with Crippen LogP contribution in [0.1, 0.15) is 38.1 Å². The molecule has 7 heteroatoms. The molecule has 0 radical (unpaired) electrons. The second kappa shape index (κ2) is 7.35. The largest absolute Gasteiger partial charge is 0.465 e. The van der Waals surface area contributed by atoms with Gasteiger partial charge in [0.1, 0.15) is 5.82 Å². The van der Waals surface area contributed by atoms with E-state index in [0.717, 1.165) is 55.8 Å². The first kappa shape index (κ1) is 16.9. The molecule has 0 atom stereocenters. The number of hydrogen-bond acceptors (Lipinski definition) is 4. The molecule has 1 saturated carbocycles. The Labute approximate surface area is 153 Å². The lowest BCUT2D eigenvalue weighted by molar-refractivity contribution is 0.168. The monoisotopic (exact) mass is 355 g/mol. The van der Waals surface area contributed by atoms with Crippen molar-refractivity contribution in [1.82, 2.24) is 20.1 Å². The first-order valence-corrected chi connectivity index (χ1v) is 9.42. The van der Waals surface area contributed by atoms with Crippen molar-refractivity contribution >= 4 is 11.9 Å². The Balaban J connectivity index is 1.30. The molecule has 26 heavy (non-hydrogen) atoms. The Morgan fingerprint density at radius 3 is 2.88 bits per heavy atom. The van der Waals surface area contributed by atoms with Crippen molar-refractivity contribution in [1.29, 1.82) is 0 Å². The van der Waals surface area contributed by atoms with Crippen molar-refractivity contribution in [3.63, 3.8) is 0 Å². The zero-order chi connectivity index (χ0) is 17.9. The standard InChI is InChI=1S/C19H25N5O2/c25-19(26)20-7-2-4-14-10-16(11-14)24-13-15(12-21-24)17-5-1-6-18(22-17)23-8-3-9-23/h1,5-6,12-14,16,20H,2-4,7-11H2,(H,25,26)/t14-,16-. The van der Waals surface area contributed by atoms with Gasteiger partial charge in [0.15, 0.2) is 0 Å². The normalized spacial score (nSPS) is 21.8. The van der Waals surface area contributed by atoms with Crippen molar-refractivity contribution in [2.75, 3.05) is 24.5 Å². The van der Waals surface area contributed by atoms with Crippen LogP contribution in [0.5, 0.6) is 0 Å². The second-order valence-corrected chi connectivity index (χ2v) is 7.30. The minimum absolute atomic E-state index is 0.458. The average molecular weight is 355 g/mol. The summed E-state index contributed by atoms with van der Waals surface area (Å²) < 4.78 is 2.07. The zero-order valence-electron chi connectivity index (χ0n) is 14.8. The van der Waals surface area contributed by atoms with Crippen LogP contribution in [-0.2, 0) is 0 Å².